The zero-order chi connectivity index (χ0) is 15.1. The molecule has 0 heterocycles. The molecule has 20 heavy (non-hydrogen) atoms. The second kappa shape index (κ2) is 7.94. The van der Waals surface area contributed by atoms with E-state index in [1.54, 1.807) is 13.0 Å². The Morgan fingerprint density at radius 1 is 1.30 bits per heavy atom. The number of carboxylic acid groups (broad SMARTS) is 1. The van der Waals surface area contributed by atoms with Crippen molar-refractivity contribution < 1.29 is 14.7 Å². The van der Waals surface area contributed by atoms with Crippen LogP contribution in [0.25, 0.3) is 0 Å². The van der Waals surface area contributed by atoms with Crippen LogP contribution in [-0.2, 0) is 9.59 Å². The van der Waals surface area contributed by atoms with Crippen molar-refractivity contribution in [3.8, 4) is 0 Å². The lowest BCUT2D eigenvalue weighted by molar-refractivity contribution is -0.136. The van der Waals surface area contributed by atoms with Gasteiger partial charge in [-0.05, 0) is 25.5 Å². The molecule has 0 unspecified atom stereocenters. The minimum absolute atomic E-state index is 0.0251. The molecular weight excluding hydrogens is 274 g/mol. The monoisotopic (exact) mass is 295 g/mol. The second-order valence-electron chi connectivity index (χ2n) is 4.77. The van der Waals surface area contributed by atoms with Gasteiger partial charge >= 0.3 is 5.97 Å². The average molecular weight is 295 g/mol. The Kier molecular flexibility index (Phi) is 6.58. The Morgan fingerprint density at radius 3 is 2.55 bits per heavy atom. The van der Waals surface area contributed by atoms with E-state index in [2.05, 4.69) is 5.32 Å². The molecule has 2 atom stereocenters. The van der Waals surface area contributed by atoms with Crippen molar-refractivity contribution in [1.82, 2.24) is 0 Å². The summed E-state index contributed by atoms with van der Waals surface area (Å²) >= 11 is 1.23. The standard InChI is InChI=1S/C15H21NO3S/c1-4-7-10(2)14(17)16-12-8-5-6-9-13(12)20-11(3)15(18)19/h5-6,8-11H,4,7H2,1-3H3,(H,16,17)(H,18,19)/t10-,11+/m1/s1. The molecule has 0 aliphatic carbocycles. The molecule has 0 aliphatic rings. The number of carbonyl (C=O) groups excluding carboxylic acids is 1. The summed E-state index contributed by atoms with van der Waals surface area (Å²) in [6.07, 6.45) is 1.80. The molecule has 0 radical (unpaired) electrons. The fraction of sp³-hybridized carbons (Fsp3) is 0.467. The Labute approximate surface area is 124 Å². The first-order chi connectivity index (χ1) is 9.45. The van der Waals surface area contributed by atoms with Crippen molar-refractivity contribution in [1.29, 1.82) is 0 Å². The normalized spacial score (nSPS) is 13.6. The number of carbonyl (C=O) groups is 2. The Balaban J connectivity index is 2.80. The van der Waals surface area contributed by atoms with Crippen LogP contribution in [0.2, 0.25) is 0 Å². The lowest BCUT2D eigenvalue weighted by Crippen LogP contribution is -2.21. The number of thioether (sulfide) groups is 1. The highest BCUT2D eigenvalue weighted by atomic mass is 32.2. The number of hydrogen-bond donors (Lipinski definition) is 2. The first-order valence-corrected chi connectivity index (χ1v) is 7.63. The van der Waals surface area contributed by atoms with Gasteiger partial charge in [-0.25, -0.2) is 0 Å². The van der Waals surface area contributed by atoms with Gasteiger partial charge in [0.2, 0.25) is 5.91 Å². The third-order valence-electron chi connectivity index (χ3n) is 2.97. The maximum absolute atomic E-state index is 12.0. The number of nitrogens with one attached hydrogen (secondary N) is 1. The molecule has 0 aromatic heterocycles. The van der Waals surface area contributed by atoms with Crippen LogP contribution in [0.3, 0.4) is 0 Å². The van der Waals surface area contributed by atoms with E-state index < -0.39 is 11.2 Å². The topological polar surface area (TPSA) is 66.4 Å². The Bertz CT molecular complexity index is 476. The summed E-state index contributed by atoms with van der Waals surface area (Å²) in [5, 5.41) is 11.3. The third-order valence-corrected chi connectivity index (χ3v) is 4.13. The van der Waals surface area contributed by atoms with Gasteiger partial charge in [-0.1, -0.05) is 32.4 Å². The molecule has 2 N–H and O–H groups in total. The minimum Gasteiger partial charge on any atom is -0.480 e. The van der Waals surface area contributed by atoms with E-state index in [1.165, 1.54) is 11.8 Å². The number of benzene rings is 1. The van der Waals surface area contributed by atoms with Crippen molar-refractivity contribution in [2.75, 3.05) is 5.32 Å². The van der Waals surface area contributed by atoms with Gasteiger partial charge in [0, 0.05) is 10.8 Å². The molecule has 0 aliphatic heterocycles. The number of rotatable bonds is 7. The van der Waals surface area contributed by atoms with Crippen molar-refractivity contribution in [3.05, 3.63) is 24.3 Å². The lowest BCUT2D eigenvalue weighted by atomic mass is 10.1. The predicted octanol–water partition coefficient (Wildman–Crippen LogP) is 3.63. The molecule has 110 valence electrons. The molecule has 0 bridgehead atoms. The second-order valence-corrected chi connectivity index (χ2v) is 6.16. The molecule has 0 saturated carbocycles. The van der Waals surface area contributed by atoms with Gasteiger partial charge < -0.3 is 10.4 Å². The summed E-state index contributed by atoms with van der Waals surface area (Å²) in [7, 11) is 0. The van der Waals surface area contributed by atoms with Gasteiger partial charge in [-0.3, -0.25) is 9.59 Å². The largest absolute Gasteiger partial charge is 0.480 e. The molecule has 1 aromatic carbocycles. The molecule has 0 spiro atoms. The van der Waals surface area contributed by atoms with Crippen molar-refractivity contribution >= 4 is 29.3 Å². The van der Waals surface area contributed by atoms with Crippen molar-refractivity contribution in [2.45, 2.75) is 43.8 Å². The van der Waals surface area contributed by atoms with Crippen LogP contribution in [0.15, 0.2) is 29.2 Å². The summed E-state index contributed by atoms with van der Waals surface area (Å²) in [4.78, 5) is 23.7. The third kappa shape index (κ3) is 4.89. The first kappa shape index (κ1) is 16.6. The van der Waals surface area contributed by atoms with Crippen LogP contribution < -0.4 is 5.32 Å². The van der Waals surface area contributed by atoms with E-state index in [4.69, 9.17) is 5.11 Å². The molecule has 1 aromatic rings. The van der Waals surface area contributed by atoms with E-state index in [0.717, 1.165) is 17.7 Å². The van der Waals surface area contributed by atoms with Crippen LogP contribution in [0, 0.1) is 5.92 Å². The van der Waals surface area contributed by atoms with Crippen LogP contribution in [-0.4, -0.2) is 22.2 Å². The molecule has 1 rings (SSSR count). The van der Waals surface area contributed by atoms with E-state index >= 15 is 0 Å². The maximum Gasteiger partial charge on any atom is 0.316 e. The van der Waals surface area contributed by atoms with Gasteiger partial charge in [0.25, 0.3) is 0 Å². The van der Waals surface area contributed by atoms with E-state index in [0.29, 0.717) is 5.69 Å². The van der Waals surface area contributed by atoms with Crippen LogP contribution in [0.4, 0.5) is 5.69 Å². The van der Waals surface area contributed by atoms with Crippen LogP contribution >= 0.6 is 11.8 Å². The Hall–Kier alpha value is -1.49. The fourth-order valence-corrected chi connectivity index (χ4v) is 2.62. The highest BCUT2D eigenvalue weighted by Gasteiger charge is 2.17. The summed E-state index contributed by atoms with van der Waals surface area (Å²) in [6, 6.07) is 7.29. The van der Waals surface area contributed by atoms with Gasteiger partial charge in [-0.15, -0.1) is 11.8 Å². The summed E-state index contributed by atoms with van der Waals surface area (Å²) in [5.74, 6) is -0.937. The maximum atomic E-state index is 12.0. The van der Waals surface area contributed by atoms with E-state index in [1.807, 2.05) is 32.0 Å². The Morgan fingerprint density at radius 2 is 1.95 bits per heavy atom. The predicted molar refractivity (Wildman–Crippen MR) is 82.1 cm³/mol. The molecule has 0 fully saturated rings. The summed E-state index contributed by atoms with van der Waals surface area (Å²) in [5.41, 5.74) is 0.679. The number of anilines is 1. The first-order valence-electron chi connectivity index (χ1n) is 6.75. The number of aliphatic carboxylic acids is 1. The summed E-state index contributed by atoms with van der Waals surface area (Å²) < 4.78 is 0. The molecule has 0 saturated heterocycles. The van der Waals surface area contributed by atoms with Crippen LogP contribution in [0.1, 0.15) is 33.6 Å². The highest BCUT2D eigenvalue weighted by molar-refractivity contribution is 8.00. The van der Waals surface area contributed by atoms with Gasteiger partial charge in [-0.2, -0.15) is 0 Å². The van der Waals surface area contributed by atoms with Gasteiger partial charge in [0.05, 0.1) is 5.69 Å². The zero-order valence-electron chi connectivity index (χ0n) is 12.1. The number of para-hydroxylation sites is 1. The van der Waals surface area contributed by atoms with Crippen molar-refractivity contribution in [2.24, 2.45) is 5.92 Å². The molecule has 4 nitrogen and oxygen atoms in total. The quantitative estimate of drug-likeness (QED) is 0.754. The highest BCUT2D eigenvalue weighted by Crippen LogP contribution is 2.30. The average Bonchev–Trinajstić information content (AvgIpc) is 2.40. The number of amides is 1. The fourth-order valence-electron chi connectivity index (χ4n) is 1.73. The van der Waals surface area contributed by atoms with Gasteiger partial charge in [0.15, 0.2) is 0 Å². The van der Waals surface area contributed by atoms with E-state index in [-0.39, 0.29) is 11.8 Å². The summed E-state index contributed by atoms with van der Waals surface area (Å²) in [6.45, 7) is 5.57. The number of hydrogen-bond acceptors (Lipinski definition) is 3. The molecule has 5 heteroatoms. The molecular formula is C15H21NO3S. The van der Waals surface area contributed by atoms with E-state index in [9.17, 15) is 9.59 Å². The zero-order valence-corrected chi connectivity index (χ0v) is 12.9. The lowest BCUT2D eigenvalue weighted by Gasteiger charge is -2.15. The van der Waals surface area contributed by atoms with Crippen molar-refractivity contribution in [3.63, 3.8) is 0 Å². The SMILES string of the molecule is CCC[C@@H](C)C(=O)Nc1ccccc1S[C@@H](C)C(=O)O. The van der Waals surface area contributed by atoms with Gasteiger partial charge in [0.1, 0.15) is 5.25 Å². The smallest absolute Gasteiger partial charge is 0.316 e. The van der Waals surface area contributed by atoms with Crippen LogP contribution in [0.5, 0.6) is 0 Å². The minimum atomic E-state index is -0.865. The molecule has 1 amide bonds. The number of carboxylic acids is 1.